The van der Waals surface area contributed by atoms with Crippen molar-refractivity contribution in [2.75, 3.05) is 23.9 Å². The molecule has 0 saturated carbocycles. The van der Waals surface area contributed by atoms with Crippen molar-refractivity contribution in [1.82, 2.24) is 24.7 Å². The minimum Gasteiger partial charge on any atom is -0.453 e. The second kappa shape index (κ2) is 7.90. The van der Waals surface area contributed by atoms with E-state index >= 15 is 0 Å². The Balaban J connectivity index is 1.84. The number of aryl methyl sites for hydroxylation is 2. The lowest BCUT2D eigenvalue weighted by Crippen LogP contribution is -2.16. The van der Waals surface area contributed by atoms with Gasteiger partial charge in [-0.3, -0.25) is 5.32 Å². The van der Waals surface area contributed by atoms with Crippen LogP contribution in [0.5, 0.6) is 0 Å². The van der Waals surface area contributed by atoms with Crippen molar-refractivity contribution >= 4 is 34.4 Å². The quantitative estimate of drug-likeness (QED) is 0.458. The minimum atomic E-state index is -0.720. The Kier molecular flexibility index (Phi) is 5.12. The number of hydrogen-bond donors (Lipinski definition) is 3. The van der Waals surface area contributed by atoms with E-state index in [9.17, 15) is 4.79 Å². The lowest BCUT2D eigenvalue weighted by molar-refractivity contribution is 0.187. The summed E-state index contributed by atoms with van der Waals surface area (Å²) in [5.41, 5.74) is 16.6. The number of carbonyl (C=O) groups excluding carboxylic acids is 1. The zero-order valence-electron chi connectivity index (χ0n) is 17.4. The number of nitrogens with two attached hydrogens (primary N) is 2. The zero-order valence-corrected chi connectivity index (χ0v) is 17.4. The molecular weight excluding hydrogens is 396 g/mol. The van der Waals surface area contributed by atoms with E-state index in [-0.39, 0.29) is 23.1 Å². The summed E-state index contributed by atoms with van der Waals surface area (Å²) in [7, 11) is 1.24. The predicted octanol–water partition coefficient (Wildman–Crippen LogP) is 2.90. The second-order valence-electron chi connectivity index (χ2n) is 7.13. The maximum Gasteiger partial charge on any atom is 0.411 e. The van der Waals surface area contributed by atoms with Gasteiger partial charge in [0.15, 0.2) is 23.1 Å². The minimum absolute atomic E-state index is 0.00937. The van der Waals surface area contributed by atoms with Crippen LogP contribution >= 0.6 is 0 Å². The maximum absolute atomic E-state index is 11.5. The van der Waals surface area contributed by atoms with Gasteiger partial charge in [-0.15, -0.1) is 0 Å². The summed E-state index contributed by atoms with van der Waals surface area (Å²) in [6, 6.07) is 10.1. The zero-order chi connectivity index (χ0) is 22.1. The molecule has 4 rings (SSSR count). The maximum atomic E-state index is 11.5. The Labute approximate surface area is 178 Å². The van der Waals surface area contributed by atoms with Gasteiger partial charge in [-0.05, 0) is 36.6 Å². The molecule has 10 nitrogen and oxygen atoms in total. The van der Waals surface area contributed by atoms with E-state index in [4.69, 9.17) is 16.6 Å². The number of rotatable bonds is 4. The van der Waals surface area contributed by atoms with Crippen molar-refractivity contribution in [3.05, 3.63) is 53.2 Å². The smallest absolute Gasteiger partial charge is 0.411 e. The fourth-order valence-corrected chi connectivity index (χ4v) is 3.27. The molecule has 0 radical (unpaired) electrons. The van der Waals surface area contributed by atoms with E-state index in [1.165, 1.54) is 7.11 Å². The standard InChI is InChI=1S/C21H22N8O2/c1-11-8-14-15(19-26-17(22)16(18(23)27-19)25-21(30)31-3)28-29(20(14)24-9-11)10-13-7-5-4-6-12(13)2/h4-9H,10H2,1-3H3,(H,25,30)(H4,22,23,26,27). The van der Waals surface area contributed by atoms with Crippen LogP contribution in [0.1, 0.15) is 16.7 Å². The van der Waals surface area contributed by atoms with Crippen LogP contribution in [0.25, 0.3) is 22.6 Å². The van der Waals surface area contributed by atoms with Crippen LogP contribution in [0.4, 0.5) is 22.1 Å². The van der Waals surface area contributed by atoms with Crippen molar-refractivity contribution in [2.24, 2.45) is 0 Å². The molecule has 0 aliphatic carbocycles. The van der Waals surface area contributed by atoms with E-state index in [2.05, 4.69) is 44.1 Å². The third kappa shape index (κ3) is 3.82. The molecule has 158 valence electrons. The molecular formula is C21H22N8O2. The molecule has 1 aromatic carbocycles. The first-order valence-electron chi connectivity index (χ1n) is 9.53. The number of methoxy groups -OCH3 is 1. The highest BCUT2D eigenvalue weighted by atomic mass is 16.5. The van der Waals surface area contributed by atoms with Gasteiger partial charge in [-0.25, -0.2) is 24.4 Å². The first-order chi connectivity index (χ1) is 14.9. The first-order valence-corrected chi connectivity index (χ1v) is 9.53. The summed E-state index contributed by atoms with van der Waals surface area (Å²) in [5, 5.41) is 7.93. The second-order valence-corrected chi connectivity index (χ2v) is 7.13. The number of pyridine rings is 1. The lowest BCUT2D eigenvalue weighted by atomic mass is 10.1. The molecule has 0 atom stereocenters. The fraction of sp³-hybridized carbons (Fsp3) is 0.190. The van der Waals surface area contributed by atoms with Gasteiger partial charge < -0.3 is 16.2 Å². The van der Waals surface area contributed by atoms with E-state index in [0.717, 1.165) is 22.1 Å². The molecule has 0 aliphatic heterocycles. The summed E-state index contributed by atoms with van der Waals surface area (Å²) in [5.74, 6) is 0.261. The van der Waals surface area contributed by atoms with Crippen molar-refractivity contribution in [2.45, 2.75) is 20.4 Å². The molecule has 0 bridgehead atoms. The van der Waals surface area contributed by atoms with Crippen LogP contribution in [0.15, 0.2) is 36.5 Å². The lowest BCUT2D eigenvalue weighted by Gasteiger charge is -2.10. The summed E-state index contributed by atoms with van der Waals surface area (Å²) >= 11 is 0. The number of fused-ring (bicyclic) bond motifs is 1. The van der Waals surface area contributed by atoms with E-state index in [0.29, 0.717) is 17.9 Å². The Morgan fingerprint density at radius 2 is 1.87 bits per heavy atom. The average molecular weight is 418 g/mol. The fourth-order valence-electron chi connectivity index (χ4n) is 3.27. The first kappa shape index (κ1) is 20.1. The van der Waals surface area contributed by atoms with Gasteiger partial charge in [0, 0.05) is 6.20 Å². The number of aromatic nitrogens is 5. The molecule has 4 aromatic rings. The molecule has 3 aromatic heterocycles. The van der Waals surface area contributed by atoms with Gasteiger partial charge >= 0.3 is 6.09 Å². The monoisotopic (exact) mass is 418 g/mol. The van der Waals surface area contributed by atoms with E-state index in [1.807, 2.05) is 29.8 Å². The molecule has 0 fully saturated rings. The normalized spacial score (nSPS) is 10.9. The number of ether oxygens (including phenoxy) is 1. The Morgan fingerprint density at radius 1 is 1.16 bits per heavy atom. The molecule has 5 N–H and O–H groups in total. The molecule has 31 heavy (non-hydrogen) atoms. The van der Waals surface area contributed by atoms with Crippen LogP contribution < -0.4 is 16.8 Å². The number of hydrogen-bond acceptors (Lipinski definition) is 8. The number of nitrogen functional groups attached to an aromatic ring is 2. The van der Waals surface area contributed by atoms with Gasteiger partial charge in [0.25, 0.3) is 0 Å². The van der Waals surface area contributed by atoms with Crippen molar-refractivity contribution in [3.8, 4) is 11.5 Å². The highest BCUT2D eigenvalue weighted by Crippen LogP contribution is 2.30. The number of benzene rings is 1. The van der Waals surface area contributed by atoms with Crippen molar-refractivity contribution in [3.63, 3.8) is 0 Å². The Morgan fingerprint density at radius 3 is 2.55 bits per heavy atom. The molecule has 1 amide bonds. The summed E-state index contributed by atoms with van der Waals surface area (Å²) in [6.45, 7) is 4.53. The van der Waals surface area contributed by atoms with Crippen LogP contribution in [-0.4, -0.2) is 37.9 Å². The van der Waals surface area contributed by atoms with Crippen LogP contribution in [0, 0.1) is 13.8 Å². The number of anilines is 3. The summed E-state index contributed by atoms with van der Waals surface area (Å²) in [6.07, 6.45) is 1.07. The van der Waals surface area contributed by atoms with Gasteiger partial charge in [-0.2, -0.15) is 5.10 Å². The number of amides is 1. The Bertz CT molecular complexity index is 1280. The van der Waals surface area contributed by atoms with Crippen molar-refractivity contribution in [1.29, 1.82) is 0 Å². The van der Waals surface area contributed by atoms with Crippen LogP contribution in [0.3, 0.4) is 0 Å². The topological polar surface area (TPSA) is 147 Å². The highest BCUT2D eigenvalue weighted by Gasteiger charge is 2.20. The number of nitrogens with one attached hydrogen (secondary N) is 1. The van der Waals surface area contributed by atoms with Crippen LogP contribution in [0.2, 0.25) is 0 Å². The van der Waals surface area contributed by atoms with Gasteiger partial charge in [0.05, 0.1) is 19.0 Å². The molecule has 0 aliphatic rings. The van der Waals surface area contributed by atoms with E-state index in [1.54, 1.807) is 6.20 Å². The van der Waals surface area contributed by atoms with Crippen LogP contribution in [-0.2, 0) is 11.3 Å². The third-order valence-corrected chi connectivity index (χ3v) is 4.89. The van der Waals surface area contributed by atoms with Crippen molar-refractivity contribution < 1.29 is 9.53 Å². The molecule has 0 spiro atoms. The third-order valence-electron chi connectivity index (χ3n) is 4.89. The van der Waals surface area contributed by atoms with Gasteiger partial charge in [0.1, 0.15) is 11.4 Å². The molecule has 0 unspecified atom stereocenters. The SMILES string of the molecule is COC(=O)Nc1c(N)nc(-c2nn(Cc3ccccc3C)c3ncc(C)cc23)nc1N. The van der Waals surface area contributed by atoms with E-state index < -0.39 is 6.09 Å². The number of nitrogens with zero attached hydrogens (tertiary/aromatic N) is 5. The van der Waals surface area contributed by atoms with Gasteiger partial charge in [-0.1, -0.05) is 24.3 Å². The largest absolute Gasteiger partial charge is 0.453 e. The summed E-state index contributed by atoms with van der Waals surface area (Å²) < 4.78 is 6.39. The highest BCUT2D eigenvalue weighted by molar-refractivity contribution is 5.94. The average Bonchev–Trinajstić information content (AvgIpc) is 3.09. The Hall–Kier alpha value is -4.21. The summed E-state index contributed by atoms with van der Waals surface area (Å²) in [4.78, 5) is 24.8. The van der Waals surface area contributed by atoms with Gasteiger partial charge in [0.2, 0.25) is 0 Å². The predicted molar refractivity (Wildman–Crippen MR) is 118 cm³/mol. The molecule has 10 heteroatoms. The molecule has 0 saturated heterocycles. The molecule has 3 heterocycles. The number of carbonyl (C=O) groups is 1.